The Morgan fingerprint density at radius 3 is 1.55 bits per heavy atom. The van der Waals surface area contributed by atoms with Crippen molar-refractivity contribution in [3.63, 3.8) is 0 Å². The van der Waals surface area contributed by atoms with Crippen molar-refractivity contribution >= 4 is 11.9 Å². The van der Waals surface area contributed by atoms with E-state index in [0.29, 0.717) is 19.3 Å². The van der Waals surface area contributed by atoms with E-state index in [-0.39, 0.29) is 18.5 Å². The van der Waals surface area contributed by atoms with Gasteiger partial charge < -0.3 is 9.84 Å². The second-order valence-electron chi connectivity index (χ2n) is 11.3. The fourth-order valence-corrected chi connectivity index (χ4v) is 5.00. The van der Waals surface area contributed by atoms with Crippen molar-refractivity contribution in [2.75, 3.05) is 0 Å². The SMILES string of the molecule is CCCC/C=C\CCCCCCCC(=O)OC(CCCCCCCCCCCCCCC)CCCC(=O)O. The summed E-state index contributed by atoms with van der Waals surface area (Å²) < 4.78 is 5.79. The summed E-state index contributed by atoms with van der Waals surface area (Å²) in [6.07, 6.45) is 35.0. The zero-order chi connectivity index (χ0) is 27.9. The smallest absolute Gasteiger partial charge is 0.306 e. The summed E-state index contributed by atoms with van der Waals surface area (Å²) in [6, 6.07) is 0. The van der Waals surface area contributed by atoms with Crippen LogP contribution >= 0.6 is 0 Å². The highest BCUT2D eigenvalue weighted by Crippen LogP contribution is 2.18. The first-order chi connectivity index (χ1) is 18.6. The number of hydrogen-bond acceptors (Lipinski definition) is 3. The van der Waals surface area contributed by atoms with E-state index in [2.05, 4.69) is 26.0 Å². The van der Waals surface area contributed by atoms with Crippen molar-refractivity contribution < 1.29 is 19.4 Å². The molecule has 0 aliphatic carbocycles. The van der Waals surface area contributed by atoms with Crippen LogP contribution in [-0.4, -0.2) is 23.1 Å². The summed E-state index contributed by atoms with van der Waals surface area (Å²) in [7, 11) is 0. The maximum Gasteiger partial charge on any atom is 0.306 e. The molecule has 38 heavy (non-hydrogen) atoms. The lowest BCUT2D eigenvalue weighted by Gasteiger charge is -2.18. The Balaban J connectivity index is 3.87. The highest BCUT2D eigenvalue weighted by molar-refractivity contribution is 5.69. The molecule has 0 aromatic carbocycles. The molecule has 0 rings (SSSR count). The minimum Gasteiger partial charge on any atom is -0.481 e. The van der Waals surface area contributed by atoms with Gasteiger partial charge in [-0.3, -0.25) is 9.59 Å². The third-order valence-corrected chi connectivity index (χ3v) is 7.49. The maximum atomic E-state index is 12.4. The Morgan fingerprint density at radius 2 is 1.00 bits per heavy atom. The van der Waals surface area contributed by atoms with Crippen molar-refractivity contribution in [3.8, 4) is 0 Å². The van der Waals surface area contributed by atoms with Crippen molar-refractivity contribution in [3.05, 3.63) is 12.2 Å². The number of carbonyl (C=O) groups excluding carboxylic acids is 1. The largest absolute Gasteiger partial charge is 0.481 e. The number of aliphatic carboxylic acids is 1. The van der Waals surface area contributed by atoms with Gasteiger partial charge in [-0.2, -0.15) is 0 Å². The molecule has 1 unspecified atom stereocenters. The number of ether oxygens (including phenoxy) is 1. The van der Waals surface area contributed by atoms with Crippen LogP contribution in [0.2, 0.25) is 0 Å². The van der Waals surface area contributed by atoms with Crippen molar-refractivity contribution in [2.45, 2.75) is 193 Å². The van der Waals surface area contributed by atoms with Crippen LogP contribution in [-0.2, 0) is 14.3 Å². The monoisotopic (exact) mass is 536 g/mol. The molecule has 0 amide bonds. The van der Waals surface area contributed by atoms with Crippen molar-refractivity contribution in [1.82, 2.24) is 0 Å². The lowest BCUT2D eigenvalue weighted by Crippen LogP contribution is -2.18. The molecule has 1 N–H and O–H groups in total. The lowest BCUT2D eigenvalue weighted by molar-refractivity contribution is -0.150. The Hall–Kier alpha value is -1.32. The molecule has 0 aromatic rings. The van der Waals surface area contributed by atoms with Crippen molar-refractivity contribution in [1.29, 1.82) is 0 Å². The summed E-state index contributed by atoms with van der Waals surface area (Å²) in [4.78, 5) is 23.3. The van der Waals surface area contributed by atoms with Gasteiger partial charge in [-0.15, -0.1) is 0 Å². The van der Waals surface area contributed by atoms with Crippen LogP contribution in [0.15, 0.2) is 12.2 Å². The van der Waals surface area contributed by atoms with Crippen LogP contribution in [0, 0.1) is 0 Å². The molecule has 0 spiro atoms. The van der Waals surface area contributed by atoms with Gasteiger partial charge in [0, 0.05) is 12.8 Å². The maximum absolute atomic E-state index is 12.4. The molecular weight excluding hydrogens is 472 g/mol. The van der Waals surface area contributed by atoms with Crippen LogP contribution in [0.5, 0.6) is 0 Å². The number of carboxylic acids is 1. The molecule has 4 nitrogen and oxygen atoms in total. The van der Waals surface area contributed by atoms with Gasteiger partial charge in [0.25, 0.3) is 0 Å². The van der Waals surface area contributed by atoms with E-state index in [9.17, 15) is 9.59 Å². The number of carboxylic acid groups (broad SMARTS) is 1. The van der Waals surface area contributed by atoms with Gasteiger partial charge >= 0.3 is 11.9 Å². The molecule has 0 aliphatic heterocycles. The van der Waals surface area contributed by atoms with Gasteiger partial charge in [0.1, 0.15) is 6.10 Å². The second-order valence-corrected chi connectivity index (χ2v) is 11.3. The van der Waals surface area contributed by atoms with Gasteiger partial charge in [-0.05, 0) is 51.4 Å². The minimum absolute atomic E-state index is 0.0983. The summed E-state index contributed by atoms with van der Waals surface area (Å²) >= 11 is 0. The van der Waals surface area contributed by atoms with E-state index >= 15 is 0 Å². The molecule has 0 aromatic heterocycles. The number of carbonyl (C=O) groups is 2. The molecular formula is C34H64O4. The number of unbranched alkanes of at least 4 members (excludes halogenated alkanes) is 19. The standard InChI is InChI=1S/C34H64O4/c1-3-5-7-9-11-13-15-16-18-19-21-23-25-28-32(29-27-30-33(35)36)38-34(37)31-26-24-22-20-17-14-12-10-8-6-4-2/h10,12,32H,3-9,11,13-31H2,1-2H3,(H,35,36)/b12-10-. The Bertz CT molecular complexity index is 543. The highest BCUT2D eigenvalue weighted by atomic mass is 16.5. The van der Waals surface area contributed by atoms with Crippen LogP contribution in [0.4, 0.5) is 0 Å². The summed E-state index contributed by atoms with van der Waals surface area (Å²) in [5.41, 5.74) is 0. The van der Waals surface area contributed by atoms with Gasteiger partial charge in [0.05, 0.1) is 0 Å². The molecule has 0 bridgehead atoms. The Kier molecular flexibility index (Phi) is 29.2. The Labute approximate surface area is 236 Å². The van der Waals surface area contributed by atoms with Crippen LogP contribution < -0.4 is 0 Å². The number of rotatable bonds is 30. The number of hydrogen-bond donors (Lipinski definition) is 1. The van der Waals surface area contributed by atoms with E-state index in [4.69, 9.17) is 9.84 Å². The van der Waals surface area contributed by atoms with Crippen molar-refractivity contribution in [2.24, 2.45) is 0 Å². The molecule has 4 heteroatoms. The average molecular weight is 537 g/mol. The van der Waals surface area contributed by atoms with E-state index in [1.165, 1.54) is 122 Å². The molecule has 0 radical (unpaired) electrons. The lowest BCUT2D eigenvalue weighted by atomic mass is 10.0. The topological polar surface area (TPSA) is 63.6 Å². The molecule has 0 aliphatic rings. The normalized spacial score (nSPS) is 12.3. The molecule has 0 fully saturated rings. The molecule has 0 saturated heterocycles. The van der Waals surface area contributed by atoms with E-state index in [1.54, 1.807) is 0 Å². The fourth-order valence-electron chi connectivity index (χ4n) is 5.00. The zero-order valence-electron chi connectivity index (χ0n) is 25.5. The first kappa shape index (κ1) is 36.7. The predicted octanol–water partition coefficient (Wildman–Crippen LogP) is 11.1. The predicted molar refractivity (Wildman–Crippen MR) is 163 cm³/mol. The number of esters is 1. The minimum atomic E-state index is -0.771. The van der Waals surface area contributed by atoms with Crippen LogP contribution in [0.1, 0.15) is 187 Å². The van der Waals surface area contributed by atoms with Gasteiger partial charge in [-0.25, -0.2) is 0 Å². The molecule has 1 atom stereocenters. The van der Waals surface area contributed by atoms with Gasteiger partial charge in [0.2, 0.25) is 0 Å². The second kappa shape index (κ2) is 30.2. The number of allylic oxidation sites excluding steroid dienone is 2. The van der Waals surface area contributed by atoms with E-state index < -0.39 is 5.97 Å². The first-order valence-electron chi connectivity index (χ1n) is 16.7. The third-order valence-electron chi connectivity index (χ3n) is 7.49. The zero-order valence-corrected chi connectivity index (χ0v) is 25.5. The highest BCUT2D eigenvalue weighted by Gasteiger charge is 2.15. The summed E-state index contributed by atoms with van der Waals surface area (Å²) in [6.45, 7) is 4.50. The fraction of sp³-hybridized carbons (Fsp3) is 0.882. The average Bonchev–Trinajstić information content (AvgIpc) is 2.89. The molecule has 0 heterocycles. The quantitative estimate of drug-likeness (QED) is 0.0563. The van der Waals surface area contributed by atoms with Crippen LogP contribution in [0.3, 0.4) is 0 Å². The molecule has 224 valence electrons. The van der Waals surface area contributed by atoms with Crippen LogP contribution in [0.25, 0.3) is 0 Å². The third kappa shape index (κ3) is 29.2. The Morgan fingerprint density at radius 1 is 0.553 bits per heavy atom. The van der Waals surface area contributed by atoms with E-state index in [0.717, 1.165) is 25.7 Å². The van der Waals surface area contributed by atoms with Gasteiger partial charge in [0.15, 0.2) is 0 Å². The first-order valence-corrected chi connectivity index (χ1v) is 16.7. The summed E-state index contributed by atoms with van der Waals surface area (Å²) in [5.74, 6) is -0.869. The molecule has 0 saturated carbocycles. The summed E-state index contributed by atoms with van der Waals surface area (Å²) in [5, 5.41) is 8.96. The van der Waals surface area contributed by atoms with E-state index in [1.807, 2.05) is 0 Å². The van der Waals surface area contributed by atoms with Gasteiger partial charge in [-0.1, -0.05) is 135 Å².